The first-order chi connectivity index (χ1) is 13.8. The minimum absolute atomic E-state index is 0.323. The molecule has 5 rings (SSSR count). The Hall–Kier alpha value is -2.77. The first-order valence-electron chi connectivity index (χ1n) is 8.65. The van der Waals surface area contributed by atoms with Crippen LogP contribution in [-0.2, 0) is 5.75 Å². The minimum atomic E-state index is -0.428. The topological polar surface area (TPSA) is 70.3 Å². The van der Waals surface area contributed by atoms with E-state index < -0.39 is 6.10 Å². The van der Waals surface area contributed by atoms with Gasteiger partial charge in [-0.3, -0.25) is 0 Å². The van der Waals surface area contributed by atoms with Gasteiger partial charge in [0.25, 0.3) is 11.1 Å². The van der Waals surface area contributed by atoms with Crippen LogP contribution in [0.4, 0.5) is 0 Å². The second-order valence-corrected chi connectivity index (χ2v) is 7.47. The molecule has 0 N–H and O–H groups in total. The summed E-state index contributed by atoms with van der Waals surface area (Å²) in [6.45, 7) is 0.323. The highest BCUT2D eigenvalue weighted by Crippen LogP contribution is 2.36. The predicted octanol–water partition coefficient (Wildman–Crippen LogP) is 5.08. The fourth-order valence-electron chi connectivity index (χ4n) is 2.93. The number of hydrogen-bond acceptors (Lipinski definition) is 7. The zero-order valence-corrected chi connectivity index (χ0v) is 16.1. The Morgan fingerprint density at radius 3 is 2.79 bits per heavy atom. The van der Waals surface area contributed by atoms with Crippen molar-refractivity contribution in [1.82, 2.24) is 15.2 Å². The molecule has 4 aromatic rings. The molecule has 0 bridgehead atoms. The van der Waals surface area contributed by atoms with E-state index in [1.165, 1.54) is 11.8 Å². The molecule has 1 aliphatic rings. The molecule has 0 fully saturated rings. The van der Waals surface area contributed by atoms with Gasteiger partial charge in [-0.25, -0.2) is 4.98 Å². The molecule has 140 valence electrons. The third-order valence-corrected chi connectivity index (χ3v) is 5.50. The molecule has 28 heavy (non-hydrogen) atoms. The summed E-state index contributed by atoms with van der Waals surface area (Å²) in [6.07, 6.45) is -0.428. The van der Waals surface area contributed by atoms with Crippen LogP contribution in [-0.4, -0.2) is 21.8 Å². The van der Waals surface area contributed by atoms with Crippen molar-refractivity contribution in [2.45, 2.75) is 17.1 Å². The Morgan fingerprint density at radius 1 is 1.04 bits per heavy atom. The zero-order valence-electron chi connectivity index (χ0n) is 14.5. The highest BCUT2D eigenvalue weighted by atomic mass is 35.5. The summed E-state index contributed by atoms with van der Waals surface area (Å²) in [6, 6.07) is 17.4. The number of hydrogen-bond donors (Lipinski definition) is 0. The summed E-state index contributed by atoms with van der Waals surface area (Å²) in [4.78, 5) is 4.44. The largest absolute Gasteiger partial charge is 0.485 e. The molecule has 0 radical (unpaired) electrons. The van der Waals surface area contributed by atoms with Crippen molar-refractivity contribution in [2.75, 3.05) is 6.61 Å². The fraction of sp³-hybridized carbons (Fsp3) is 0.150. The number of rotatable bonds is 4. The quantitative estimate of drug-likeness (QED) is 0.342. The molecule has 8 heteroatoms. The fourth-order valence-corrected chi connectivity index (χ4v) is 3.96. The molecule has 0 amide bonds. The van der Waals surface area contributed by atoms with Crippen LogP contribution in [0.3, 0.4) is 0 Å². The Morgan fingerprint density at radius 2 is 1.86 bits per heavy atom. The van der Waals surface area contributed by atoms with Crippen LogP contribution in [0.5, 0.6) is 11.5 Å². The maximum absolute atomic E-state index is 6.32. The molecule has 1 aliphatic heterocycles. The molecule has 0 unspecified atom stereocenters. The van der Waals surface area contributed by atoms with Gasteiger partial charge in [-0.05, 0) is 24.3 Å². The summed E-state index contributed by atoms with van der Waals surface area (Å²) in [7, 11) is 0. The van der Waals surface area contributed by atoms with Crippen molar-refractivity contribution in [3.05, 3.63) is 71.2 Å². The van der Waals surface area contributed by atoms with Crippen LogP contribution in [0, 0.1) is 0 Å². The van der Waals surface area contributed by atoms with Gasteiger partial charge in [0.1, 0.15) is 11.8 Å². The molecule has 2 aromatic carbocycles. The lowest BCUT2D eigenvalue weighted by Gasteiger charge is -2.23. The molecule has 0 aliphatic carbocycles. The molecule has 6 nitrogen and oxygen atoms in total. The van der Waals surface area contributed by atoms with Crippen LogP contribution in [0.1, 0.15) is 17.6 Å². The summed E-state index contributed by atoms with van der Waals surface area (Å²) in [5.74, 6) is 2.34. The molecule has 0 saturated heterocycles. The van der Waals surface area contributed by atoms with Crippen molar-refractivity contribution < 1.29 is 13.9 Å². The number of ether oxygens (including phenoxy) is 2. The number of fused-ring (bicyclic) bond motifs is 2. The van der Waals surface area contributed by atoms with E-state index in [1.807, 2.05) is 54.6 Å². The minimum Gasteiger partial charge on any atom is -0.485 e. The van der Waals surface area contributed by atoms with Gasteiger partial charge in [0.05, 0.1) is 5.52 Å². The third kappa shape index (κ3) is 3.39. The van der Waals surface area contributed by atoms with Crippen LogP contribution in [0.2, 0.25) is 5.15 Å². The lowest BCUT2D eigenvalue weighted by atomic mass is 10.2. The molecular weight excluding hydrogens is 398 g/mol. The Balaban J connectivity index is 1.29. The predicted molar refractivity (Wildman–Crippen MR) is 106 cm³/mol. The van der Waals surface area contributed by atoms with E-state index in [-0.39, 0.29) is 0 Å². The highest BCUT2D eigenvalue weighted by Gasteiger charge is 2.27. The number of halogens is 1. The lowest BCUT2D eigenvalue weighted by molar-refractivity contribution is 0.0686. The van der Waals surface area contributed by atoms with Gasteiger partial charge < -0.3 is 13.9 Å². The van der Waals surface area contributed by atoms with E-state index in [2.05, 4.69) is 15.2 Å². The average molecular weight is 412 g/mol. The Labute approximate surface area is 169 Å². The maximum Gasteiger partial charge on any atom is 0.277 e. The molecule has 0 saturated carbocycles. The SMILES string of the molecule is Clc1nc2ccccc2cc1CSc1nnc([C@H]2COc3ccccc3O2)o1. The Bertz CT molecular complexity index is 1150. The number of nitrogens with zero attached hydrogens (tertiary/aromatic N) is 3. The number of benzene rings is 2. The monoisotopic (exact) mass is 411 g/mol. The molecule has 0 spiro atoms. The Kier molecular flexibility index (Phi) is 4.54. The average Bonchev–Trinajstić information content (AvgIpc) is 3.21. The van der Waals surface area contributed by atoms with Crippen molar-refractivity contribution in [3.63, 3.8) is 0 Å². The third-order valence-electron chi connectivity index (χ3n) is 4.31. The van der Waals surface area contributed by atoms with E-state index >= 15 is 0 Å². The van der Waals surface area contributed by atoms with Gasteiger partial charge in [-0.1, -0.05) is 53.7 Å². The summed E-state index contributed by atoms with van der Waals surface area (Å²) in [5.41, 5.74) is 1.78. The first-order valence-corrected chi connectivity index (χ1v) is 10.0. The second kappa shape index (κ2) is 7.33. The van der Waals surface area contributed by atoms with Gasteiger partial charge in [-0.2, -0.15) is 0 Å². The normalized spacial score (nSPS) is 15.7. The summed E-state index contributed by atoms with van der Waals surface area (Å²) < 4.78 is 17.4. The second-order valence-electron chi connectivity index (χ2n) is 6.19. The van der Waals surface area contributed by atoms with Crippen molar-refractivity contribution in [3.8, 4) is 11.5 Å². The van der Waals surface area contributed by atoms with Crippen LogP contribution >= 0.6 is 23.4 Å². The van der Waals surface area contributed by atoms with Crippen molar-refractivity contribution in [1.29, 1.82) is 0 Å². The van der Waals surface area contributed by atoms with E-state index in [9.17, 15) is 0 Å². The van der Waals surface area contributed by atoms with E-state index in [4.69, 9.17) is 25.5 Å². The number of para-hydroxylation sites is 3. The number of pyridine rings is 1. The molecule has 2 aromatic heterocycles. The first kappa shape index (κ1) is 17.3. The zero-order chi connectivity index (χ0) is 18.9. The van der Waals surface area contributed by atoms with Crippen molar-refractivity contribution >= 4 is 34.3 Å². The van der Waals surface area contributed by atoms with E-state index in [0.717, 1.165) is 16.5 Å². The smallest absolute Gasteiger partial charge is 0.277 e. The van der Waals surface area contributed by atoms with Gasteiger partial charge in [-0.15, -0.1) is 10.2 Å². The standard InChI is InChI=1S/C20H14ClN3O3S/c21-18-13(9-12-5-1-2-6-14(12)22-18)11-28-20-24-23-19(27-20)17-10-25-15-7-3-4-8-16(15)26-17/h1-9,17H,10-11H2/t17-/m1/s1. The molecular formula is C20H14ClN3O3S. The summed E-state index contributed by atoms with van der Waals surface area (Å²) in [5, 5.41) is 10.2. The summed E-state index contributed by atoms with van der Waals surface area (Å²) >= 11 is 7.72. The number of aromatic nitrogens is 3. The highest BCUT2D eigenvalue weighted by molar-refractivity contribution is 7.98. The van der Waals surface area contributed by atoms with E-state index in [0.29, 0.717) is 40.1 Å². The van der Waals surface area contributed by atoms with Crippen molar-refractivity contribution in [2.24, 2.45) is 0 Å². The lowest BCUT2D eigenvalue weighted by Crippen LogP contribution is -2.21. The van der Waals surface area contributed by atoms with Crippen LogP contribution in [0.15, 0.2) is 64.2 Å². The van der Waals surface area contributed by atoms with Crippen LogP contribution in [0.25, 0.3) is 10.9 Å². The maximum atomic E-state index is 6.32. The van der Waals surface area contributed by atoms with Gasteiger partial charge in [0.15, 0.2) is 11.5 Å². The van der Waals surface area contributed by atoms with Gasteiger partial charge in [0, 0.05) is 16.7 Å². The molecule has 1 atom stereocenters. The van der Waals surface area contributed by atoms with Gasteiger partial charge >= 0.3 is 0 Å². The number of thioether (sulfide) groups is 1. The molecule has 3 heterocycles. The van der Waals surface area contributed by atoms with Crippen LogP contribution < -0.4 is 9.47 Å². The van der Waals surface area contributed by atoms with Gasteiger partial charge in [0.2, 0.25) is 6.10 Å². The van der Waals surface area contributed by atoms with E-state index in [1.54, 1.807) is 0 Å².